The highest BCUT2D eigenvalue weighted by Gasteiger charge is 2.22. The molecule has 2 aromatic carbocycles. The molecule has 1 saturated heterocycles. The monoisotopic (exact) mass is 466 g/mol. The number of nitrogens with zero attached hydrogens (tertiary/aromatic N) is 4. The lowest BCUT2D eigenvalue weighted by Gasteiger charge is -2.19. The van der Waals surface area contributed by atoms with Crippen LogP contribution in [0.2, 0.25) is 0 Å². The van der Waals surface area contributed by atoms with Crippen molar-refractivity contribution < 1.29 is 9.47 Å². The van der Waals surface area contributed by atoms with Gasteiger partial charge < -0.3 is 14.0 Å². The predicted octanol–water partition coefficient (Wildman–Crippen LogP) is 5.01. The molecular formula is C26H34N4O2S. The van der Waals surface area contributed by atoms with Crippen LogP contribution < -0.4 is 4.74 Å². The molecule has 4 rings (SSSR count). The Morgan fingerprint density at radius 1 is 1.12 bits per heavy atom. The Morgan fingerprint density at radius 2 is 1.97 bits per heavy atom. The van der Waals surface area contributed by atoms with E-state index in [-0.39, 0.29) is 6.10 Å². The van der Waals surface area contributed by atoms with Crippen molar-refractivity contribution in [2.45, 2.75) is 63.3 Å². The molecule has 1 aliphatic rings. The van der Waals surface area contributed by atoms with Crippen LogP contribution in [0.5, 0.6) is 5.75 Å². The van der Waals surface area contributed by atoms with E-state index in [0.717, 1.165) is 67.1 Å². The van der Waals surface area contributed by atoms with Crippen LogP contribution in [-0.2, 0) is 30.1 Å². The fourth-order valence-corrected chi connectivity index (χ4v) is 5.32. The Kier molecular flexibility index (Phi) is 8.06. The Labute approximate surface area is 201 Å². The molecule has 1 fully saturated rings. The van der Waals surface area contributed by atoms with Crippen LogP contribution in [-0.4, -0.2) is 46.5 Å². The van der Waals surface area contributed by atoms with Crippen molar-refractivity contribution >= 4 is 11.8 Å². The van der Waals surface area contributed by atoms with Crippen molar-refractivity contribution in [3.8, 4) is 5.75 Å². The number of aromatic nitrogens is 3. The van der Waals surface area contributed by atoms with E-state index in [1.54, 1.807) is 18.9 Å². The second-order valence-electron chi connectivity index (χ2n) is 8.84. The van der Waals surface area contributed by atoms with Crippen molar-refractivity contribution in [1.82, 2.24) is 19.7 Å². The summed E-state index contributed by atoms with van der Waals surface area (Å²) in [6.07, 6.45) is 2.47. The first kappa shape index (κ1) is 23.8. The van der Waals surface area contributed by atoms with E-state index < -0.39 is 0 Å². The molecule has 0 spiro atoms. The van der Waals surface area contributed by atoms with Gasteiger partial charge >= 0.3 is 0 Å². The van der Waals surface area contributed by atoms with Gasteiger partial charge in [0.2, 0.25) is 0 Å². The molecule has 0 radical (unpaired) electrons. The quantitative estimate of drug-likeness (QED) is 0.392. The summed E-state index contributed by atoms with van der Waals surface area (Å²) in [6, 6.07) is 14.9. The maximum atomic E-state index is 5.94. The normalized spacial score (nSPS) is 16.0. The summed E-state index contributed by atoms with van der Waals surface area (Å²) < 4.78 is 13.6. The SMILES string of the molecule is COc1ccc(CN(C)Cc2nnc(SCc3ccccc3C)n2C[C@H]2CCCO2)cc1C. The van der Waals surface area contributed by atoms with Crippen molar-refractivity contribution in [2.24, 2.45) is 0 Å². The van der Waals surface area contributed by atoms with Crippen molar-refractivity contribution in [2.75, 3.05) is 20.8 Å². The number of benzene rings is 2. The van der Waals surface area contributed by atoms with E-state index in [4.69, 9.17) is 9.47 Å². The van der Waals surface area contributed by atoms with Gasteiger partial charge in [-0.3, -0.25) is 4.90 Å². The van der Waals surface area contributed by atoms with E-state index >= 15 is 0 Å². The second kappa shape index (κ2) is 11.2. The van der Waals surface area contributed by atoms with Gasteiger partial charge in [-0.15, -0.1) is 10.2 Å². The van der Waals surface area contributed by atoms with Gasteiger partial charge in [-0.25, -0.2) is 0 Å². The highest BCUT2D eigenvalue weighted by molar-refractivity contribution is 7.98. The summed E-state index contributed by atoms with van der Waals surface area (Å²) in [5.41, 5.74) is 5.06. The Morgan fingerprint density at radius 3 is 2.70 bits per heavy atom. The molecule has 33 heavy (non-hydrogen) atoms. The summed E-state index contributed by atoms with van der Waals surface area (Å²) in [4.78, 5) is 2.28. The topological polar surface area (TPSA) is 52.4 Å². The van der Waals surface area contributed by atoms with Gasteiger partial charge in [0.15, 0.2) is 5.16 Å². The van der Waals surface area contributed by atoms with E-state index in [1.807, 2.05) is 6.07 Å². The summed E-state index contributed by atoms with van der Waals surface area (Å²) in [6.45, 7) is 7.48. The molecule has 1 aromatic heterocycles. The molecule has 3 aromatic rings. The van der Waals surface area contributed by atoms with Crippen LogP contribution in [0.1, 0.15) is 40.9 Å². The highest BCUT2D eigenvalue weighted by Crippen LogP contribution is 2.26. The molecule has 0 aliphatic carbocycles. The molecule has 176 valence electrons. The third-order valence-electron chi connectivity index (χ3n) is 6.14. The van der Waals surface area contributed by atoms with E-state index in [2.05, 4.69) is 77.0 Å². The van der Waals surface area contributed by atoms with Gasteiger partial charge in [0.1, 0.15) is 11.6 Å². The number of thioether (sulfide) groups is 1. The number of hydrogen-bond donors (Lipinski definition) is 0. The minimum Gasteiger partial charge on any atom is -0.496 e. The van der Waals surface area contributed by atoms with Crippen molar-refractivity contribution in [1.29, 1.82) is 0 Å². The lowest BCUT2D eigenvalue weighted by molar-refractivity contribution is 0.0934. The molecule has 1 atom stereocenters. The van der Waals surface area contributed by atoms with Gasteiger partial charge in [-0.2, -0.15) is 0 Å². The fraction of sp³-hybridized carbons (Fsp3) is 0.462. The second-order valence-corrected chi connectivity index (χ2v) is 9.78. The first-order valence-corrected chi connectivity index (χ1v) is 12.5. The predicted molar refractivity (Wildman–Crippen MR) is 133 cm³/mol. The maximum Gasteiger partial charge on any atom is 0.191 e. The number of methoxy groups -OCH3 is 1. The number of ether oxygens (including phenoxy) is 2. The van der Waals surface area contributed by atoms with Crippen LogP contribution >= 0.6 is 11.8 Å². The summed E-state index contributed by atoms with van der Waals surface area (Å²) in [5.74, 6) is 2.80. The fourth-order valence-electron chi connectivity index (χ4n) is 4.28. The lowest BCUT2D eigenvalue weighted by atomic mass is 10.1. The van der Waals surface area contributed by atoms with Crippen LogP contribution in [0.4, 0.5) is 0 Å². The first-order chi connectivity index (χ1) is 16.0. The smallest absolute Gasteiger partial charge is 0.191 e. The van der Waals surface area contributed by atoms with Gasteiger partial charge in [-0.05, 0) is 62.1 Å². The molecule has 0 N–H and O–H groups in total. The highest BCUT2D eigenvalue weighted by atomic mass is 32.2. The summed E-state index contributed by atoms with van der Waals surface area (Å²) in [5, 5.41) is 10.1. The zero-order valence-corrected chi connectivity index (χ0v) is 20.9. The number of aryl methyl sites for hydroxylation is 2. The summed E-state index contributed by atoms with van der Waals surface area (Å²) >= 11 is 1.76. The zero-order valence-electron chi connectivity index (χ0n) is 20.1. The summed E-state index contributed by atoms with van der Waals surface area (Å²) in [7, 11) is 3.84. The standard InChI is InChI=1S/C26H34N4O2S/c1-19-8-5-6-9-22(19)18-33-26-28-27-25(30(26)16-23-10-7-13-32-23)17-29(3)15-21-11-12-24(31-4)20(2)14-21/h5-6,8-9,11-12,14,23H,7,10,13,15-18H2,1-4H3/t23-/m1/s1. The van der Waals surface area contributed by atoms with Crippen LogP contribution in [0.3, 0.4) is 0 Å². The largest absolute Gasteiger partial charge is 0.496 e. The average molecular weight is 467 g/mol. The lowest BCUT2D eigenvalue weighted by Crippen LogP contribution is -2.23. The third kappa shape index (κ3) is 6.16. The van der Waals surface area contributed by atoms with Crippen molar-refractivity contribution in [3.63, 3.8) is 0 Å². The molecule has 2 heterocycles. The average Bonchev–Trinajstić information content (AvgIpc) is 3.44. The maximum absolute atomic E-state index is 5.94. The number of rotatable bonds is 10. The minimum absolute atomic E-state index is 0.243. The molecule has 1 aliphatic heterocycles. The van der Waals surface area contributed by atoms with Crippen LogP contribution in [0.25, 0.3) is 0 Å². The van der Waals surface area contributed by atoms with Gasteiger partial charge in [0, 0.05) is 18.9 Å². The van der Waals surface area contributed by atoms with E-state index in [1.165, 1.54) is 16.7 Å². The molecule has 0 bridgehead atoms. The van der Waals surface area contributed by atoms with Gasteiger partial charge in [0.05, 0.1) is 26.3 Å². The Bertz CT molecular complexity index is 1060. The van der Waals surface area contributed by atoms with Gasteiger partial charge in [0.25, 0.3) is 0 Å². The Balaban J connectivity index is 1.47. The first-order valence-electron chi connectivity index (χ1n) is 11.6. The van der Waals surface area contributed by atoms with Crippen LogP contribution in [0.15, 0.2) is 47.6 Å². The molecule has 7 heteroatoms. The van der Waals surface area contributed by atoms with E-state index in [9.17, 15) is 0 Å². The van der Waals surface area contributed by atoms with Gasteiger partial charge in [-0.1, -0.05) is 48.2 Å². The van der Waals surface area contributed by atoms with E-state index in [0.29, 0.717) is 0 Å². The molecule has 0 unspecified atom stereocenters. The van der Waals surface area contributed by atoms with Crippen molar-refractivity contribution in [3.05, 3.63) is 70.5 Å². The molecule has 0 saturated carbocycles. The Hall–Kier alpha value is -2.35. The molecule has 0 amide bonds. The van der Waals surface area contributed by atoms with Crippen LogP contribution in [0, 0.1) is 13.8 Å². The molecular weight excluding hydrogens is 432 g/mol. The molecule has 6 nitrogen and oxygen atoms in total. The number of hydrogen-bond acceptors (Lipinski definition) is 6. The minimum atomic E-state index is 0.243. The third-order valence-corrected chi connectivity index (χ3v) is 7.16. The zero-order chi connectivity index (χ0) is 23.2.